The van der Waals surface area contributed by atoms with Crippen LogP contribution in [-0.4, -0.2) is 29.4 Å². The molecule has 2 heterocycles. The summed E-state index contributed by atoms with van der Waals surface area (Å²) >= 11 is 0. The minimum atomic E-state index is -0.791. The fraction of sp³-hybridized carbons (Fsp3) is 0.150. The number of benzene rings is 2. The first-order valence-electron chi connectivity index (χ1n) is 8.32. The Morgan fingerprint density at radius 1 is 1.12 bits per heavy atom. The van der Waals surface area contributed by atoms with E-state index in [9.17, 15) is 9.59 Å². The maximum absolute atomic E-state index is 12.8. The number of amides is 2. The highest BCUT2D eigenvalue weighted by Gasteiger charge is 2.32. The molecule has 2 aromatic carbocycles. The van der Waals surface area contributed by atoms with Crippen LogP contribution in [0.25, 0.3) is 10.9 Å². The molecule has 3 aromatic rings. The molecule has 1 aliphatic rings. The summed E-state index contributed by atoms with van der Waals surface area (Å²) in [5.41, 5.74) is 2.14. The number of hydrogen-bond donors (Lipinski definition) is 1. The predicted octanol–water partition coefficient (Wildman–Crippen LogP) is 2.99. The van der Waals surface area contributed by atoms with Gasteiger partial charge in [-0.1, -0.05) is 18.2 Å². The first-order valence-corrected chi connectivity index (χ1v) is 8.32. The van der Waals surface area contributed by atoms with Crippen molar-refractivity contribution in [1.29, 1.82) is 0 Å². The minimum absolute atomic E-state index is 0.132. The minimum Gasteiger partial charge on any atom is -0.476 e. The Balaban J connectivity index is 1.62. The maximum Gasteiger partial charge on any atom is 0.267 e. The smallest absolute Gasteiger partial charge is 0.267 e. The van der Waals surface area contributed by atoms with Gasteiger partial charge in [0.05, 0.1) is 23.4 Å². The Hall–Kier alpha value is -3.41. The third-order valence-corrected chi connectivity index (χ3v) is 4.35. The van der Waals surface area contributed by atoms with Crippen LogP contribution in [0.4, 0.5) is 11.4 Å². The summed E-state index contributed by atoms with van der Waals surface area (Å²) in [6.45, 7) is 1.65. The fourth-order valence-corrected chi connectivity index (χ4v) is 3.09. The Morgan fingerprint density at radius 3 is 2.81 bits per heavy atom. The standard InChI is InChI=1S/C20H17N3O3/c1-13(24)23-12-19(26-18-10-3-2-9-17(18)23)20(25)22-16-8-4-7-15-14(16)6-5-11-21-15/h2-11,19H,12H2,1H3,(H,22,25)/t19-/m1/s1. The molecular formula is C20H17N3O3. The van der Waals surface area contributed by atoms with E-state index in [1.807, 2.05) is 42.5 Å². The van der Waals surface area contributed by atoms with Gasteiger partial charge in [-0.2, -0.15) is 0 Å². The Labute approximate surface area is 150 Å². The van der Waals surface area contributed by atoms with Crippen LogP contribution in [-0.2, 0) is 9.59 Å². The lowest BCUT2D eigenvalue weighted by molar-refractivity contribution is -0.123. The Bertz CT molecular complexity index is 997. The van der Waals surface area contributed by atoms with Gasteiger partial charge in [0.15, 0.2) is 6.10 Å². The number of carbonyl (C=O) groups is 2. The molecule has 0 saturated heterocycles. The van der Waals surface area contributed by atoms with Gasteiger partial charge in [-0.15, -0.1) is 0 Å². The molecule has 1 aromatic heterocycles. The van der Waals surface area contributed by atoms with Crippen molar-refractivity contribution >= 4 is 34.1 Å². The van der Waals surface area contributed by atoms with E-state index in [0.717, 1.165) is 10.9 Å². The molecule has 0 saturated carbocycles. The van der Waals surface area contributed by atoms with E-state index in [-0.39, 0.29) is 18.4 Å². The highest BCUT2D eigenvalue weighted by atomic mass is 16.5. The van der Waals surface area contributed by atoms with Gasteiger partial charge in [0.25, 0.3) is 5.91 Å². The predicted molar refractivity (Wildman–Crippen MR) is 99.3 cm³/mol. The summed E-state index contributed by atoms with van der Waals surface area (Å²) in [6.07, 6.45) is 0.917. The first-order chi connectivity index (χ1) is 12.6. The fourth-order valence-electron chi connectivity index (χ4n) is 3.09. The normalized spacial score (nSPS) is 15.9. The summed E-state index contributed by atoms with van der Waals surface area (Å²) < 4.78 is 5.84. The van der Waals surface area contributed by atoms with Gasteiger partial charge >= 0.3 is 0 Å². The van der Waals surface area contributed by atoms with E-state index in [2.05, 4.69) is 10.3 Å². The van der Waals surface area contributed by atoms with Gasteiger partial charge < -0.3 is 15.0 Å². The van der Waals surface area contributed by atoms with Crippen LogP contribution in [0.15, 0.2) is 60.8 Å². The monoisotopic (exact) mass is 347 g/mol. The molecule has 0 radical (unpaired) electrons. The van der Waals surface area contributed by atoms with Gasteiger partial charge in [0.2, 0.25) is 5.91 Å². The number of nitrogens with one attached hydrogen (secondary N) is 1. The average Bonchev–Trinajstić information content (AvgIpc) is 2.67. The number of para-hydroxylation sites is 2. The highest BCUT2D eigenvalue weighted by molar-refractivity contribution is 6.04. The third-order valence-electron chi connectivity index (χ3n) is 4.35. The maximum atomic E-state index is 12.8. The second kappa shape index (κ2) is 6.48. The van der Waals surface area contributed by atoms with Gasteiger partial charge in [0, 0.05) is 18.5 Å². The molecule has 4 rings (SSSR count). The van der Waals surface area contributed by atoms with Crippen molar-refractivity contribution in [2.75, 3.05) is 16.8 Å². The number of anilines is 2. The van der Waals surface area contributed by atoms with E-state index >= 15 is 0 Å². The number of rotatable bonds is 2. The molecule has 6 heteroatoms. The van der Waals surface area contributed by atoms with Crippen LogP contribution in [0.2, 0.25) is 0 Å². The Kier molecular flexibility index (Phi) is 4.01. The molecule has 26 heavy (non-hydrogen) atoms. The van der Waals surface area contributed by atoms with Crippen LogP contribution in [0.3, 0.4) is 0 Å². The zero-order chi connectivity index (χ0) is 18.1. The number of carbonyl (C=O) groups excluding carboxylic acids is 2. The van der Waals surface area contributed by atoms with E-state index < -0.39 is 6.10 Å². The summed E-state index contributed by atoms with van der Waals surface area (Å²) in [7, 11) is 0. The van der Waals surface area contributed by atoms with E-state index in [1.165, 1.54) is 6.92 Å². The number of ether oxygens (including phenoxy) is 1. The lowest BCUT2D eigenvalue weighted by atomic mass is 10.1. The molecule has 0 aliphatic carbocycles. The number of hydrogen-bond acceptors (Lipinski definition) is 4. The summed E-state index contributed by atoms with van der Waals surface area (Å²) in [4.78, 5) is 30.6. The largest absolute Gasteiger partial charge is 0.476 e. The van der Waals surface area contributed by atoms with Crippen molar-refractivity contribution in [1.82, 2.24) is 4.98 Å². The van der Waals surface area contributed by atoms with Crippen molar-refractivity contribution in [2.24, 2.45) is 0 Å². The molecule has 0 bridgehead atoms. The molecule has 0 fully saturated rings. The van der Waals surface area contributed by atoms with Crippen LogP contribution in [0.1, 0.15) is 6.92 Å². The number of aromatic nitrogens is 1. The lowest BCUT2D eigenvalue weighted by Gasteiger charge is -2.33. The lowest BCUT2D eigenvalue weighted by Crippen LogP contribution is -2.48. The van der Waals surface area contributed by atoms with Crippen molar-refractivity contribution < 1.29 is 14.3 Å². The molecule has 0 unspecified atom stereocenters. The van der Waals surface area contributed by atoms with Crippen molar-refractivity contribution in [3.8, 4) is 5.75 Å². The molecule has 2 amide bonds. The second-order valence-corrected chi connectivity index (χ2v) is 6.07. The molecule has 6 nitrogen and oxygen atoms in total. The summed E-state index contributed by atoms with van der Waals surface area (Å²) in [5.74, 6) is 0.0868. The van der Waals surface area contributed by atoms with Gasteiger partial charge in [-0.3, -0.25) is 14.6 Å². The van der Waals surface area contributed by atoms with Crippen molar-refractivity contribution in [3.05, 3.63) is 60.8 Å². The van der Waals surface area contributed by atoms with Crippen LogP contribution in [0, 0.1) is 0 Å². The zero-order valence-corrected chi connectivity index (χ0v) is 14.2. The first kappa shape index (κ1) is 16.1. The van der Waals surface area contributed by atoms with Crippen molar-refractivity contribution in [3.63, 3.8) is 0 Å². The van der Waals surface area contributed by atoms with E-state index in [4.69, 9.17) is 4.74 Å². The summed E-state index contributed by atoms with van der Waals surface area (Å²) in [5, 5.41) is 3.75. The number of nitrogens with zero attached hydrogens (tertiary/aromatic N) is 2. The molecular weight excluding hydrogens is 330 g/mol. The molecule has 0 spiro atoms. The SMILES string of the molecule is CC(=O)N1C[C@H](C(=O)Nc2cccc3ncccc23)Oc2ccccc21. The van der Waals surface area contributed by atoms with Crippen molar-refractivity contribution in [2.45, 2.75) is 13.0 Å². The highest BCUT2D eigenvalue weighted by Crippen LogP contribution is 2.33. The number of pyridine rings is 1. The summed E-state index contributed by atoms with van der Waals surface area (Å²) in [6, 6.07) is 16.5. The van der Waals surface area contributed by atoms with Gasteiger partial charge in [-0.05, 0) is 36.4 Å². The zero-order valence-electron chi connectivity index (χ0n) is 14.2. The molecule has 130 valence electrons. The molecule has 1 aliphatic heterocycles. The molecule has 1 atom stereocenters. The Morgan fingerprint density at radius 2 is 1.96 bits per heavy atom. The van der Waals surface area contributed by atoms with Crippen LogP contribution >= 0.6 is 0 Å². The van der Waals surface area contributed by atoms with E-state index in [1.54, 1.807) is 23.2 Å². The van der Waals surface area contributed by atoms with Gasteiger partial charge in [0.1, 0.15) is 5.75 Å². The topological polar surface area (TPSA) is 71.5 Å². The van der Waals surface area contributed by atoms with E-state index in [0.29, 0.717) is 17.1 Å². The molecule has 1 N–H and O–H groups in total. The average molecular weight is 347 g/mol. The number of fused-ring (bicyclic) bond motifs is 2. The third kappa shape index (κ3) is 2.86. The van der Waals surface area contributed by atoms with Crippen LogP contribution < -0.4 is 15.0 Å². The quantitative estimate of drug-likeness (QED) is 0.774. The van der Waals surface area contributed by atoms with Crippen LogP contribution in [0.5, 0.6) is 5.75 Å². The second-order valence-electron chi connectivity index (χ2n) is 6.07. The van der Waals surface area contributed by atoms with Gasteiger partial charge in [-0.25, -0.2) is 0 Å².